The first-order valence-corrected chi connectivity index (χ1v) is 10.7. The fourth-order valence-corrected chi connectivity index (χ4v) is 3.86. The van der Waals surface area contributed by atoms with Gasteiger partial charge in [-0.15, -0.1) is 0 Å². The quantitative estimate of drug-likeness (QED) is 0.400. The summed E-state index contributed by atoms with van der Waals surface area (Å²) in [6.45, 7) is 2.26. The van der Waals surface area contributed by atoms with E-state index in [4.69, 9.17) is 4.98 Å². The van der Waals surface area contributed by atoms with Gasteiger partial charge in [0, 0.05) is 17.5 Å². The van der Waals surface area contributed by atoms with Gasteiger partial charge < -0.3 is 0 Å². The second-order valence-corrected chi connectivity index (χ2v) is 7.52. The molecule has 3 aromatic carbocycles. The molecule has 0 atom stereocenters. The number of nitrogens with zero attached hydrogens (tertiary/aromatic N) is 3. The highest BCUT2D eigenvalue weighted by atomic mass is 16.2. The molecule has 33 heavy (non-hydrogen) atoms. The van der Waals surface area contributed by atoms with Crippen molar-refractivity contribution in [3.05, 3.63) is 101 Å². The molecule has 7 nitrogen and oxygen atoms in total. The van der Waals surface area contributed by atoms with E-state index in [-0.39, 0.29) is 17.4 Å². The van der Waals surface area contributed by atoms with Gasteiger partial charge in [0.2, 0.25) is 5.95 Å². The van der Waals surface area contributed by atoms with Crippen molar-refractivity contribution in [1.29, 1.82) is 0 Å². The van der Waals surface area contributed by atoms with Gasteiger partial charge in [-0.05, 0) is 31.2 Å². The van der Waals surface area contributed by atoms with Crippen LogP contribution in [-0.2, 0) is 6.54 Å². The molecule has 0 radical (unpaired) electrons. The molecule has 2 N–H and O–H groups in total. The van der Waals surface area contributed by atoms with Crippen LogP contribution >= 0.6 is 0 Å². The van der Waals surface area contributed by atoms with Crippen LogP contribution in [0.1, 0.15) is 17.3 Å². The Kier molecular flexibility index (Phi) is 5.28. The van der Waals surface area contributed by atoms with E-state index in [9.17, 15) is 9.59 Å². The standard InChI is InChI=1S/C26H21N5O2/c1-2-31-25(33)19-13-7-9-15-22(19)28-26(31)30-29-24(32)20-16-23(17-10-4-3-5-11-17)27-21-14-8-6-12-18(20)21/h3-16H,2H2,1H3,(H,28,30)(H,29,32). The summed E-state index contributed by atoms with van der Waals surface area (Å²) in [5.41, 5.74) is 8.77. The second-order valence-electron chi connectivity index (χ2n) is 7.52. The Morgan fingerprint density at radius 3 is 2.21 bits per heavy atom. The van der Waals surface area contributed by atoms with E-state index in [0.29, 0.717) is 28.7 Å². The fraction of sp³-hybridized carbons (Fsp3) is 0.0769. The van der Waals surface area contributed by atoms with Crippen molar-refractivity contribution in [3.63, 3.8) is 0 Å². The van der Waals surface area contributed by atoms with Crippen molar-refractivity contribution in [2.45, 2.75) is 13.5 Å². The Morgan fingerprint density at radius 1 is 0.848 bits per heavy atom. The van der Waals surface area contributed by atoms with E-state index in [1.165, 1.54) is 4.57 Å². The molecule has 2 heterocycles. The number of rotatable bonds is 5. The number of carbonyl (C=O) groups excluding carboxylic acids is 1. The lowest BCUT2D eigenvalue weighted by atomic mass is 10.0. The number of hydrogen-bond donors (Lipinski definition) is 2. The molecule has 2 aromatic heterocycles. The van der Waals surface area contributed by atoms with Crippen molar-refractivity contribution in [2.24, 2.45) is 0 Å². The Bertz CT molecular complexity index is 1540. The molecule has 1 amide bonds. The van der Waals surface area contributed by atoms with Crippen molar-refractivity contribution in [1.82, 2.24) is 20.0 Å². The van der Waals surface area contributed by atoms with Crippen LogP contribution < -0.4 is 16.4 Å². The number of hydrogen-bond acceptors (Lipinski definition) is 5. The van der Waals surface area contributed by atoms with Crippen LogP contribution in [0.5, 0.6) is 0 Å². The number of pyridine rings is 1. The van der Waals surface area contributed by atoms with Gasteiger partial charge in [-0.25, -0.2) is 9.97 Å². The molecule has 0 bridgehead atoms. The fourth-order valence-electron chi connectivity index (χ4n) is 3.86. The van der Waals surface area contributed by atoms with Crippen LogP contribution in [0, 0.1) is 0 Å². The number of hydrazine groups is 1. The van der Waals surface area contributed by atoms with Gasteiger partial charge in [-0.1, -0.05) is 60.7 Å². The first kappa shape index (κ1) is 20.4. The molecule has 5 aromatic rings. The summed E-state index contributed by atoms with van der Waals surface area (Å²) in [7, 11) is 0. The summed E-state index contributed by atoms with van der Waals surface area (Å²) in [6.07, 6.45) is 0. The number of aromatic nitrogens is 3. The van der Waals surface area contributed by atoms with E-state index >= 15 is 0 Å². The van der Waals surface area contributed by atoms with Crippen LogP contribution in [0.15, 0.2) is 89.7 Å². The minimum atomic E-state index is -0.351. The maximum absolute atomic E-state index is 13.2. The highest BCUT2D eigenvalue weighted by Crippen LogP contribution is 2.24. The molecule has 5 rings (SSSR count). The summed E-state index contributed by atoms with van der Waals surface area (Å²) in [6, 6.07) is 26.1. The van der Waals surface area contributed by atoms with Crippen LogP contribution in [0.25, 0.3) is 33.1 Å². The van der Waals surface area contributed by atoms with E-state index in [1.807, 2.05) is 67.6 Å². The number of fused-ring (bicyclic) bond motifs is 2. The Labute approximate surface area is 189 Å². The molecule has 7 heteroatoms. The summed E-state index contributed by atoms with van der Waals surface area (Å²) < 4.78 is 1.49. The Hall–Kier alpha value is -4.52. The summed E-state index contributed by atoms with van der Waals surface area (Å²) >= 11 is 0. The second kappa shape index (κ2) is 8.55. The number of amides is 1. The summed E-state index contributed by atoms with van der Waals surface area (Å²) in [4.78, 5) is 35.3. The lowest BCUT2D eigenvalue weighted by molar-refractivity contribution is 0.0963. The molecule has 0 aliphatic heterocycles. The number of anilines is 1. The van der Waals surface area contributed by atoms with E-state index < -0.39 is 0 Å². The maximum Gasteiger partial charge on any atom is 0.270 e. The van der Waals surface area contributed by atoms with E-state index in [2.05, 4.69) is 15.8 Å². The average molecular weight is 435 g/mol. The molecular formula is C26H21N5O2. The molecule has 162 valence electrons. The van der Waals surface area contributed by atoms with Crippen LogP contribution in [0.2, 0.25) is 0 Å². The monoisotopic (exact) mass is 435 g/mol. The Morgan fingerprint density at radius 2 is 1.48 bits per heavy atom. The number of nitrogens with one attached hydrogen (secondary N) is 2. The van der Waals surface area contributed by atoms with Gasteiger partial charge in [0.1, 0.15) is 0 Å². The van der Waals surface area contributed by atoms with E-state index in [1.54, 1.807) is 24.3 Å². The third kappa shape index (κ3) is 3.80. The zero-order valence-corrected chi connectivity index (χ0v) is 17.9. The molecule has 0 saturated heterocycles. The van der Waals surface area contributed by atoms with Crippen molar-refractivity contribution >= 4 is 33.7 Å². The van der Waals surface area contributed by atoms with Gasteiger partial charge in [0.15, 0.2) is 0 Å². The largest absolute Gasteiger partial charge is 0.277 e. The molecule has 0 saturated carbocycles. The van der Waals surface area contributed by atoms with Crippen molar-refractivity contribution < 1.29 is 4.79 Å². The van der Waals surface area contributed by atoms with Gasteiger partial charge >= 0.3 is 0 Å². The molecule has 0 aliphatic rings. The van der Waals surface area contributed by atoms with Gasteiger partial charge in [0.25, 0.3) is 11.5 Å². The zero-order valence-electron chi connectivity index (χ0n) is 17.9. The average Bonchev–Trinajstić information content (AvgIpc) is 2.87. The third-order valence-corrected chi connectivity index (χ3v) is 5.50. The molecule has 0 spiro atoms. The van der Waals surface area contributed by atoms with Crippen LogP contribution in [0.3, 0.4) is 0 Å². The summed E-state index contributed by atoms with van der Waals surface area (Å²) in [5, 5.41) is 1.26. The first-order valence-electron chi connectivity index (χ1n) is 10.7. The smallest absolute Gasteiger partial charge is 0.270 e. The van der Waals surface area contributed by atoms with Gasteiger partial charge in [-0.3, -0.25) is 25.0 Å². The van der Waals surface area contributed by atoms with Crippen molar-refractivity contribution in [2.75, 3.05) is 5.43 Å². The normalized spacial score (nSPS) is 10.9. The van der Waals surface area contributed by atoms with Gasteiger partial charge in [0.05, 0.1) is 27.7 Å². The topological polar surface area (TPSA) is 88.9 Å². The molecular weight excluding hydrogens is 414 g/mol. The van der Waals surface area contributed by atoms with E-state index in [0.717, 1.165) is 16.5 Å². The SMILES string of the molecule is CCn1c(NNC(=O)c2cc(-c3ccccc3)nc3ccccc23)nc2ccccc2c1=O. The lowest BCUT2D eigenvalue weighted by Crippen LogP contribution is -2.34. The number of para-hydroxylation sites is 2. The highest BCUT2D eigenvalue weighted by Gasteiger charge is 2.15. The van der Waals surface area contributed by atoms with Crippen LogP contribution in [0.4, 0.5) is 5.95 Å². The summed E-state index contributed by atoms with van der Waals surface area (Å²) in [5.74, 6) is -0.0768. The highest BCUT2D eigenvalue weighted by molar-refractivity contribution is 6.07. The molecule has 0 unspecified atom stereocenters. The first-order chi connectivity index (χ1) is 16.2. The number of benzene rings is 3. The predicted molar refractivity (Wildman–Crippen MR) is 130 cm³/mol. The number of carbonyl (C=O) groups is 1. The van der Waals surface area contributed by atoms with Crippen LogP contribution in [-0.4, -0.2) is 20.4 Å². The molecule has 0 fully saturated rings. The lowest BCUT2D eigenvalue weighted by Gasteiger charge is -2.15. The maximum atomic E-state index is 13.2. The molecule has 0 aliphatic carbocycles. The Balaban J connectivity index is 1.52. The third-order valence-electron chi connectivity index (χ3n) is 5.50. The van der Waals surface area contributed by atoms with Crippen molar-refractivity contribution in [3.8, 4) is 11.3 Å². The minimum Gasteiger partial charge on any atom is -0.277 e. The minimum absolute atomic E-state index is 0.166. The van der Waals surface area contributed by atoms with Gasteiger partial charge in [-0.2, -0.15) is 0 Å². The zero-order chi connectivity index (χ0) is 22.8. The predicted octanol–water partition coefficient (Wildman–Crippen LogP) is 4.39.